The van der Waals surface area contributed by atoms with Crippen LogP contribution in [0.1, 0.15) is 58.5 Å². The molecule has 276 valence electrons. The van der Waals surface area contributed by atoms with Crippen LogP contribution in [-0.2, 0) is 0 Å². The summed E-state index contributed by atoms with van der Waals surface area (Å²) in [5.41, 5.74) is 5.96. The molecule has 2 saturated carbocycles. The third-order valence-corrected chi connectivity index (χ3v) is 10.7. The van der Waals surface area contributed by atoms with E-state index in [1.165, 1.54) is 12.4 Å². The maximum absolute atomic E-state index is 15.5. The third kappa shape index (κ3) is 6.21. The second kappa shape index (κ2) is 12.9. The van der Waals surface area contributed by atoms with Crippen LogP contribution < -0.4 is 26.4 Å². The smallest absolute Gasteiger partial charge is 0.341 e. The molecule has 0 unspecified atom stereocenters. The molecule has 8 rings (SSSR count). The highest BCUT2D eigenvalue weighted by atomic mass is 19.1. The zero-order valence-corrected chi connectivity index (χ0v) is 28.8. The van der Waals surface area contributed by atoms with Gasteiger partial charge in [-0.2, -0.15) is 4.99 Å². The maximum atomic E-state index is 15.5. The van der Waals surface area contributed by atoms with Crippen molar-refractivity contribution in [3.63, 3.8) is 0 Å². The van der Waals surface area contributed by atoms with Crippen LogP contribution in [0.3, 0.4) is 0 Å². The Morgan fingerprint density at radius 3 is 1.45 bits per heavy atom. The summed E-state index contributed by atoms with van der Waals surface area (Å²) in [7, 11) is 0. The molecule has 2 aromatic heterocycles. The van der Waals surface area contributed by atoms with Crippen LogP contribution in [0.2, 0.25) is 0 Å². The van der Waals surface area contributed by atoms with E-state index in [-0.39, 0.29) is 39.9 Å². The molecule has 16 heteroatoms. The number of benzene rings is 2. The van der Waals surface area contributed by atoms with Gasteiger partial charge in [0.15, 0.2) is 5.96 Å². The molecule has 0 spiro atoms. The molecule has 2 aliphatic carbocycles. The highest BCUT2D eigenvalue weighted by Crippen LogP contribution is 2.39. The Hall–Kier alpha value is -5.93. The number of carboxylic acids is 2. The molecule has 4 fully saturated rings. The van der Waals surface area contributed by atoms with Gasteiger partial charge in [-0.15, -0.1) is 0 Å². The zero-order chi connectivity index (χ0) is 37.3. The average Bonchev–Trinajstić information content (AvgIpc) is 4.07. The number of carbonyl (C=O) groups is 2. The van der Waals surface area contributed by atoms with Crippen molar-refractivity contribution in [1.29, 1.82) is 0 Å². The number of carboxylic acid groups (broad SMARTS) is 2. The minimum Gasteiger partial charge on any atom is -0.477 e. The number of guanidine groups is 1. The van der Waals surface area contributed by atoms with Crippen molar-refractivity contribution in [3.05, 3.63) is 92.3 Å². The number of halogens is 2. The Kier molecular flexibility index (Phi) is 8.34. The lowest BCUT2D eigenvalue weighted by Gasteiger charge is -2.38. The first-order valence-corrected chi connectivity index (χ1v) is 17.7. The van der Waals surface area contributed by atoms with E-state index in [0.29, 0.717) is 80.6 Å². The average molecular weight is 729 g/mol. The first kappa shape index (κ1) is 34.2. The summed E-state index contributed by atoms with van der Waals surface area (Å²) in [6, 6.07) is 5.70. The van der Waals surface area contributed by atoms with Gasteiger partial charge in [-0.25, -0.2) is 18.4 Å². The monoisotopic (exact) mass is 728 g/mol. The van der Waals surface area contributed by atoms with Gasteiger partial charge in [0.2, 0.25) is 10.9 Å². The van der Waals surface area contributed by atoms with Crippen molar-refractivity contribution in [2.45, 2.75) is 37.8 Å². The minimum atomic E-state index is -1.34. The van der Waals surface area contributed by atoms with Gasteiger partial charge in [0.1, 0.15) is 28.6 Å². The molecular weight excluding hydrogens is 690 g/mol. The van der Waals surface area contributed by atoms with E-state index in [4.69, 9.17) is 5.73 Å². The number of nitrogens with two attached hydrogens (primary N) is 1. The summed E-state index contributed by atoms with van der Waals surface area (Å²) in [4.78, 5) is 61.3. The Morgan fingerprint density at radius 1 is 0.679 bits per heavy atom. The van der Waals surface area contributed by atoms with Crippen molar-refractivity contribution in [3.8, 4) is 0 Å². The van der Waals surface area contributed by atoms with Crippen LogP contribution in [0.4, 0.5) is 20.2 Å². The maximum Gasteiger partial charge on any atom is 0.341 e. The van der Waals surface area contributed by atoms with E-state index >= 15 is 8.78 Å². The lowest BCUT2D eigenvalue weighted by atomic mass is 10.1. The fraction of sp³-hybridized carbons (Fsp3) is 0.378. The van der Waals surface area contributed by atoms with Gasteiger partial charge < -0.3 is 44.7 Å². The number of aliphatic imine (C=N–C) groups is 1. The molecule has 2 aliphatic heterocycles. The molecule has 4 heterocycles. The Labute approximate surface area is 301 Å². The summed E-state index contributed by atoms with van der Waals surface area (Å²) >= 11 is 0. The molecule has 0 bridgehead atoms. The van der Waals surface area contributed by atoms with E-state index in [1.54, 1.807) is 21.3 Å². The Balaban J connectivity index is 0.925. The topological polar surface area (TPSA) is 170 Å². The summed E-state index contributed by atoms with van der Waals surface area (Å²) in [6.45, 7) is 7.72. The summed E-state index contributed by atoms with van der Waals surface area (Å²) in [5.74, 6) is -3.16. The van der Waals surface area contributed by atoms with Crippen LogP contribution in [0.15, 0.2) is 63.6 Å². The molecule has 4 N–H and O–H groups in total. The van der Waals surface area contributed by atoms with Crippen LogP contribution in [-0.4, -0.2) is 99.4 Å². The highest BCUT2D eigenvalue weighted by Gasteiger charge is 2.31. The van der Waals surface area contributed by atoms with Gasteiger partial charge in [0.25, 0.3) is 0 Å². The summed E-state index contributed by atoms with van der Waals surface area (Å²) in [6.07, 6.45) is 6.15. The van der Waals surface area contributed by atoms with Crippen molar-refractivity contribution in [2.75, 3.05) is 62.2 Å². The normalized spacial score (nSPS) is 18.3. The number of hydrogen-bond donors (Lipinski definition) is 3. The quantitative estimate of drug-likeness (QED) is 0.180. The van der Waals surface area contributed by atoms with Crippen molar-refractivity contribution in [1.82, 2.24) is 18.9 Å². The van der Waals surface area contributed by atoms with E-state index in [2.05, 4.69) is 11.6 Å². The molecule has 4 aliphatic rings. The van der Waals surface area contributed by atoms with Crippen LogP contribution in [0.25, 0.3) is 21.8 Å². The van der Waals surface area contributed by atoms with Crippen molar-refractivity contribution in [2.24, 2.45) is 10.7 Å². The van der Waals surface area contributed by atoms with Gasteiger partial charge in [-0.3, -0.25) is 9.59 Å². The minimum absolute atomic E-state index is 0.0467. The van der Waals surface area contributed by atoms with Crippen LogP contribution in [0, 0.1) is 11.6 Å². The van der Waals surface area contributed by atoms with E-state index in [0.717, 1.165) is 37.8 Å². The molecule has 2 saturated heterocycles. The lowest BCUT2D eigenvalue weighted by molar-refractivity contribution is 0.0684. The first-order valence-electron chi connectivity index (χ1n) is 17.7. The molecule has 0 radical (unpaired) electrons. The number of aromatic carboxylic acids is 2. The second-order valence-electron chi connectivity index (χ2n) is 14.1. The van der Waals surface area contributed by atoms with Crippen molar-refractivity contribution >= 4 is 51.1 Å². The second-order valence-corrected chi connectivity index (χ2v) is 14.1. The fourth-order valence-electron chi connectivity index (χ4n) is 7.47. The Morgan fingerprint density at radius 2 is 1.08 bits per heavy atom. The molecule has 2 aromatic carbocycles. The fourth-order valence-corrected chi connectivity index (χ4v) is 7.47. The van der Waals surface area contributed by atoms with Crippen LogP contribution in [0.5, 0.6) is 0 Å². The van der Waals surface area contributed by atoms with E-state index in [9.17, 15) is 29.4 Å². The van der Waals surface area contributed by atoms with E-state index < -0.39 is 34.4 Å². The van der Waals surface area contributed by atoms with Gasteiger partial charge >= 0.3 is 11.9 Å². The SMILES string of the molecule is C=C(N=C(N)N1CCN(c2cc3c(cc2F)c(=O)c(C(=O)O)cn3C2CC2)CC1)N1CCN(c2cc3c(cc2F)c(=O)c(C(=O)O)cn3C2CC2)CC1. The van der Waals surface area contributed by atoms with E-state index in [1.807, 2.05) is 19.6 Å². The molecule has 53 heavy (non-hydrogen) atoms. The molecule has 14 nitrogen and oxygen atoms in total. The largest absolute Gasteiger partial charge is 0.477 e. The predicted molar refractivity (Wildman–Crippen MR) is 195 cm³/mol. The number of rotatable bonds is 8. The molecular formula is C37H38F2N8O6. The molecule has 0 atom stereocenters. The summed E-state index contributed by atoms with van der Waals surface area (Å²) < 4.78 is 34.5. The number of piperazine rings is 2. The molecule has 4 aromatic rings. The number of anilines is 2. The lowest BCUT2D eigenvalue weighted by Crippen LogP contribution is -2.52. The summed E-state index contributed by atoms with van der Waals surface area (Å²) in [5, 5.41) is 19.2. The van der Waals surface area contributed by atoms with Gasteiger partial charge in [-0.1, -0.05) is 6.58 Å². The zero-order valence-electron chi connectivity index (χ0n) is 28.8. The molecule has 0 amide bonds. The number of fused-ring (bicyclic) bond motifs is 2. The first-order chi connectivity index (χ1) is 25.4. The highest BCUT2D eigenvalue weighted by molar-refractivity contribution is 5.95. The van der Waals surface area contributed by atoms with Gasteiger partial charge in [0, 0.05) is 87.6 Å². The number of nitrogens with zero attached hydrogens (tertiary/aromatic N) is 7. The standard InChI is InChI=1S/C37H38F2N8O6/c1-20(42-6-8-43(9-7-42)31-16-29-23(14-27(31)38)33(48)25(35(50)51)18-46(29)21-2-3-21)41-37(40)45-12-10-44(11-13-45)32-17-30-24(15-28(32)39)34(49)26(36(52)53)19-47(30)22-4-5-22/h14-19,21-22H,1-13H2,(H2,40,41)(H,50,51)(H,52,53). The van der Waals surface area contributed by atoms with Gasteiger partial charge in [-0.05, 0) is 49.9 Å². The van der Waals surface area contributed by atoms with Crippen LogP contribution >= 0.6 is 0 Å². The number of hydrogen-bond acceptors (Lipinski definition) is 8. The third-order valence-electron chi connectivity index (χ3n) is 10.7. The number of aromatic nitrogens is 2. The predicted octanol–water partition coefficient (Wildman–Crippen LogP) is 3.39. The van der Waals surface area contributed by atoms with Crippen molar-refractivity contribution < 1.29 is 28.6 Å². The Bertz CT molecular complexity index is 2370. The van der Waals surface area contributed by atoms with Gasteiger partial charge in [0.05, 0.1) is 22.4 Å². The number of pyridine rings is 2.